The van der Waals surface area contributed by atoms with Crippen LogP contribution in [0.4, 0.5) is 0 Å². The predicted molar refractivity (Wildman–Crippen MR) is 97.8 cm³/mol. The minimum absolute atomic E-state index is 0.0799. The van der Waals surface area contributed by atoms with E-state index in [1.165, 1.54) is 11.3 Å². The van der Waals surface area contributed by atoms with Crippen molar-refractivity contribution in [2.45, 2.75) is 18.9 Å². The van der Waals surface area contributed by atoms with Crippen molar-refractivity contribution >= 4 is 23.2 Å². The van der Waals surface area contributed by atoms with Crippen LogP contribution in [0.3, 0.4) is 0 Å². The van der Waals surface area contributed by atoms with Gasteiger partial charge in [0.15, 0.2) is 0 Å². The molecule has 1 aliphatic heterocycles. The Labute approximate surface area is 151 Å². The van der Waals surface area contributed by atoms with Gasteiger partial charge in [-0.05, 0) is 23.4 Å². The van der Waals surface area contributed by atoms with E-state index in [1.54, 1.807) is 0 Å². The summed E-state index contributed by atoms with van der Waals surface area (Å²) in [7, 11) is 0. The molecule has 1 fully saturated rings. The van der Waals surface area contributed by atoms with Gasteiger partial charge in [0, 0.05) is 38.6 Å². The molecule has 3 rings (SSSR count). The molecule has 132 valence electrons. The van der Waals surface area contributed by atoms with E-state index in [0.29, 0.717) is 19.5 Å². The molecule has 6 heteroatoms. The normalized spacial score (nSPS) is 16.6. The SMILES string of the molecule is O=C(O)CC[C@@H](c1ccccc1)N1CCN(C(=O)c2cccs2)CC1. The highest BCUT2D eigenvalue weighted by Gasteiger charge is 2.28. The first-order chi connectivity index (χ1) is 12.1. The first-order valence-electron chi connectivity index (χ1n) is 8.48. The standard InChI is InChI=1S/C19H22N2O3S/c22-18(23)9-8-16(15-5-2-1-3-6-15)20-10-12-21(13-11-20)19(24)17-7-4-14-25-17/h1-7,14,16H,8-13H2,(H,22,23)/t16-/m0/s1. The van der Waals surface area contributed by atoms with Crippen LogP contribution in [0.15, 0.2) is 47.8 Å². The van der Waals surface area contributed by atoms with Crippen LogP contribution in [0.1, 0.15) is 34.1 Å². The smallest absolute Gasteiger partial charge is 0.303 e. The van der Waals surface area contributed by atoms with Gasteiger partial charge in [-0.3, -0.25) is 14.5 Å². The van der Waals surface area contributed by atoms with E-state index in [4.69, 9.17) is 5.11 Å². The van der Waals surface area contributed by atoms with Gasteiger partial charge >= 0.3 is 5.97 Å². The maximum absolute atomic E-state index is 12.5. The van der Waals surface area contributed by atoms with Crippen LogP contribution in [-0.4, -0.2) is 53.0 Å². The van der Waals surface area contributed by atoms with Gasteiger partial charge in [-0.15, -0.1) is 11.3 Å². The molecule has 1 aromatic carbocycles. The van der Waals surface area contributed by atoms with Gasteiger partial charge < -0.3 is 10.0 Å². The number of hydrogen-bond acceptors (Lipinski definition) is 4. The Kier molecular flexibility index (Phi) is 5.83. The Bertz CT molecular complexity index is 695. The van der Waals surface area contributed by atoms with Crippen molar-refractivity contribution in [2.75, 3.05) is 26.2 Å². The van der Waals surface area contributed by atoms with E-state index in [1.807, 2.05) is 40.6 Å². The largest absolute Gasteiger partial charge is 0.481 e. The molecule has 0 saturated carbocycles. The summed E-state index contributed by atoms with van der Waals surface area (Å²) in [6, 6.07) is 13.9. The van der Waals surface area contributed by atoms with Crippen LogP contribution in [-0.2, 0) is 4.79 Å². The maximum atomic E-state index is 12.5. The van der Waals surface area contributed by atoms with Crippen molar-refractivity contribution in [1.29, 1.82) is 0 Å². The van der Waals surface area contributed by atoms with Crippen LogP contribution in [0.2, 0.25) is 0 Å². The summed E-state index contributed by atoms with van der Waals surface area (Å²) in [4.78, 5) is 28.5. The molecular weight excluding hydrogens is 336 g/mol. The second-order valence-electron chi connectivity index (χ2n) is 6.16. The highest BCUT2D eigenvalue weighted by Crippen LogP contribution is 2.27. The van der Waals surface area contributed by atoms with Gasteiger partial charge in [0.25, 0.3) is 5.91 Å². The lowest BCUT2D eigenvalue weighted by Crippen LogP contribution is -2.49. The quantitative estimate of drug-likeness (QED) is 0.862. The van der Waals surface area contributed by atoms with Gasteiger partial charge in [-0.1, -0.05) is 36.4 Å². The van der Waals surface area contributed by atoms with E-state index >= 15 is 0 Å². The summed E-state index contributed by atoms with van der Waals surface area (Å²) in [5.41, 5.74) is 1.14. The van der Waals surface area contributed by atoms with Crippen LogP contribution >= 0.6 is 11.3 Å². The minimum Gasteiger partial charge on any atom is -0.481 e. The van der Waals surface area contributed by atoms with Crippen molar-refractivity contribution in [3.8, 4) is 0 Å². The molecule has 1 N–H and O–H groups in total. The average molecular weight is 358 g/mol. The minimum atomic E-state index is -0.771. The molecule has 1 saturated heterocycles. The van der Waals surface area contributed by atoms with Crippen LogP contribution < -0.4 is 0 Å². The summed E-state index contributed by atoms with van der Waals surface area (Å²) in [6.45, 7) is 2.87. The molecule has 1 atom stereocenters. The molecule has 1 amide bonds. The molecular formula is C19H22N2O3S. The second kappa shape index (κ2) is 8.27. The van der Waals surface area contributed by atoms with Gasteiger partial charge in [0.05, 0.1) is 4.88 Å². The number of nitrogens with zero attached hydrogens (tertiary/aromatic N) is 2. The number of benzene rings is 1. The number of hydrogen-bond donors (Lipinski definition) is 1. The molecule has 0 aliphatic carbocycles. The molecule has 0 bridgehead atoms. The molecule has 5 nitrogen and oxygen atoms in total. The molecule has 0 unspecified atom stereocenters. The third kappa shape index (κ3) is 4.46. The van der Waals surface area contributed by atoms with Gasteiger partial charge in [-0.25, -0.2) is 0 Å². The first-order valence-corrected chi connectivity index (χ1v) is 9.36. The van der Waals surface area contributed by atoms with Crippen molar-refractivity contribution < 1.29 is 14.7 Å². The zero-order valence-corrected chi connectivity index (χ0v) is 14.8. The Morgan fingerprint density at radius 1 is 1.04 bits per heavy atom. The monoisotopic (exact) mass is 358 g/mol. The first kappa shape index (κ1) is 17.6. The van der Waals surface area contributed by atoms with Crippen molar-refractivity contribution in [2.24, 2.45) is 0 Å². The van der Waals surface area contributed by atoms with Crippen LogP contribution in [0, 0.1) is 0 Å². The molecule has 0 radical (unpaired) electrons. The van der Waals surface area contributed by atoms with E-state index < -0.39 is 5.97 Å². The number of rotatable bonds is 6. The fraction of sp³-hybridized carbons (Fsp3) is 0.368. The van der Waals surface area contributed by atoms with Crippen molar-refractivity contribution in [3.63, 3.8) is 0 Å². The summed E-state index contributed by atoms with van der Waals surface area (Å²) < 4.78 is 0. The predicted octanol–water partition coefficient (Wildman–Crippen LogP) is 3.11. The van der Waals surface area contributed by atoms with Crippen LogP contribution in [0.25, 0.3) is 0 Å². The van der Waals surface area contributed by atoms with E-state index in [0.717, 1.165) is 23.5 Å². The van der Waals surface area contributed by atoms with E-state index in [-0.39, 0.29) is 18.4 Å². The zero-order chi connectivity index (χ0) is 17.6. The number of carbonyl (C=O) groups excluding carboxylic acids is 1. The third-order valence-electron chi connectivity index (χ3n) is 4.59. The summed E-state index contributed by atoms with van der Waals surface area (Å²) in [5, 5.41) is 11.0. The number of carboxylic acids is 1. The van der Waals surface area contributed by atoms with Gasteiger partial charge in [-0.2, -0.15) is 0 Å². The van der Waals surface area contributed by atoms with Crippen LogP contribution in [0.5, 0.6) is 0 Å². The number of thiophene rings is 1. The zero-order valence-electron chi connectivity index (χ0n) is 14.0. The molecule has 0 spiro atoms. The van der Waals surface area contributed by atoms with Crippen molar-refractivity contribution in [1.82, 2.24) is 9.80 Å². The number of aliphatic carboxylic acids is 1. The number of carboxylic acid groups (broad SMARTS) is 1. The molecule has 25 heavy (non-hydrogen) atoms. The second-order valence-corrected chi connectivity index (χ2v) is 7.11. The number of piperazine rings is 1. The van der Waals surface area contributed by atoms with E-state index in [2.05, 4.69) is 17.0 Å². The van der Waals surface area contributed by atoms with Gasteiger partial charge in [0.2, 0.25) is 0 Å². The summed E-state index contributed by atoms with van der Waals surface area (Å²) in [5.74, 6) is -0.677. The Morgan fingerprint density at radius 2 is 1.76 bits per heavy atom. The van der Waals surface area contributed by atoms with E-state index in [9.17, 15) is 9.59 Å². The lowest BCUT2D eigenvalue weighted by molar-refractivity contribution is -0.137. The Balaban J connectivity index is 1.65. The summed E-state index contributed by atoms with van der Waals surface area (Å²) >= 11 is 1.47. The lowest BCUT2D eigenvalue weighted by atomic mass is 9.99. The number of carbonyl (C=O) groups is 2. The highest BCUT2D eigenvalue weighted by atomic mass is 32.1. The number of amides is 1. The molecule has 2 heterocycles. The Hall–Kier alpha value is -2.18. The fourth-order valence-electron chi connectivity index (χ4n) is 3.29. The lowest BCUT2D eigenvalue weighted by Gasteiger charge is -2.39. The Morgan fingerprint density at radius 3 is 2.36 bits per heavy atom. The third-order valence-corrected chi connectivity index (χ3v) is 5.45. The maximum Gasteiger partial charge on any atom is 0.303 e. The average Bonchev–Trinajstić information content (AvgIpc) is 3.17. The molecule has 2 aromatic rings. The molecule has 1 aromatic heterocycles. The topological polar surface area (TPSA) is 60.9 Å². The van der Waals surface area contributed by atoms with Gasteiger partial charge in [0.1, 0.15) is 0 Å². The molecule has 1 aliphatic rings. The summed E-state index contributed by atoms with van der Waals surface area (Å²) in [6.07, 6.45) is 0.728. The van der Waals surface area contributed by atoms with Crippen molar-refractivity contribution in [3.05, 3.63) is 58.3 Å². The highest BCUT2D eigenvalue weighted by molar-refractivity contribution is 7.12. The fourth-order valence-corrected chi connectivity index (χ4v) is 3.98.